The molecule has 0 aliphatic carbocycles. The smallest absolute Gasteiger partial charge is 0.512 e. The number of aliphatic imine (C=N–C) groups is 3. The van der Waals surface area contributed by atoms with E-state index in [-0.39, 0.29) is 99.4 Å². The third-order valence-corrected chi connectivity index (χ3v) is 16.1. The maximum atomic E-state index is 13.5. The van der Waals surface area contributed by atoms with Gasteiger partial charge in [-0.15, -0.1) is 0 Å². The van der Waals surface area contributed by atoms with Crippen LogP contribution >= 0.6 is 0 Å². The molecule has 5 rings (SSSR count). The Morgan fingerprint density at radius 2 is 1.25 bits per heavy atom. The van der Waals surface area contributed by atoms with Gasteiger partial charge in [0.15, 0.2) is 0 Å². The summed E-state index contributed by atoms with van der Waals surface area (Å²) in [5.41, 5.74) is 34.9. The molecule has 21 nitrogen and oxygen atoms in total. The van der Waals surface area contributed by atoms with Crippen LogP contribution in [-0.2, 0) is 50.3 Å². The second kappa shape index (κ2) is 24.0. The van der Waals surface area contributed by atoms with E-state index in [1.807, 2.05) is 61.5 Å². The molecule has 0 aromatic rings. The predicted octanol–water partition coefficient (Wildman–Crippen LogP) is 1.93. The molecule has 15 N–H and O–H groups in total. The average molecular weight is 1040 g/mol. The van der Waals surface area contributed by atoms with Gasteiger partial charge < -0.3 is 73.8 Å². The first-order chi connectivity index (χ1) is 32.9. The molecule has 0 spiro atoms. The van der Waals surface area contributed by atoms with E-state index in [4.69, 9.17) is 73.0 Å². The van der Waals surface area contributed by atoms with Crippen molar-refractivity contribution in [3.8, 4) is 0 Å². The molecule has 0 aromatic heterocycles. The summed E-state index contributed by atoms with van der Waals surface area (Å²) in [6.45, 7) is 26.5. The van der Waals surface area contributed by atoms with E-state index in [0.29, 0.717) is 46.1 Å². The number of carbonyl (C=O) groups is 7. The zero-order valence-electron chi connectivity index (χ0n) is 42.9. The Morgan fingerprint density at radius 1 is 0.736 bits per heavy atom. The second-order valence-corrected chi connectivity index (χ2v) is 21.2. The second-order valence-electron chi connectivity index (χ2n) is 21.2. The van der Waals surface area contributed by atoms with E-state index in [0.717, 1.165) is 5.70 Å². The summed E-state index contributed by atoms with van der Waals surface area (Å²) in [6, 6.07) is -0.909. The number of hydrogen-bond acceptors (Lipinski definition) is 14. The minimum Gasteiger partial charge on any atom is -0.512 e. The third-order valence-electron chi connectivity index (χ3n) is 16.1. The van der Waals surface area contributed by atoms with Gasteiger partial charge in [0, 0.05) is 125 Å². The van der Waals surface area contributed by atoms with Crippen LogP contribution < -0.4 is 45.0 Å². The van der Waals surface area contributed by atoms with Crippen molar-refractivity contribution < 1.29 is 55.4 Å². The molecule has 0 saturated carbocycles. The molecule has 22 heteroatoms. The van der Waals surface area contributed by atoms with Crippen molar-refractivity contribution in [1.29, 1.82) is 10.5 Å². The van der Waals surface area contributed by atoms with E-state index in [2.05, 4.69) is 10.6 Å². The van der Waals surface area contributed by atoms with E-state index in [9.17, 15) is 38.7 Å². The van der Waals surface area contributed by atoms with E-state index < -0.39 is 92.5 Å². The van der Waals surface area contributed by atoms with Crippen molar-refractivity contribution in [3.63, 3.8) is 0 Å². The SMILES string of the molecule is CC1=C2N/C(=C\C3=NC(=C(/C)C4=N[C@@](C)([C@@H]5N=C1[C@](C)(CCC(=O)NC[C@@H](C)O)[C@H]5CC(N)=O)[C@@](C)(CC(N)=O)[C@@H]4CCC(N)=O)/[C@@](C)(CC(N)=O)[C@@H]3CCC(N)=O)C(C)(C)[C@@H]2CCC(N)=O.[C-]#N.[C-]#N.[Co+2]. The van der Waals surface area contributed by atoms with Gasteiger partial charge in [-0.2, -0.15) is 0 Å². The molecule has 1 radical (unpaired) electrons. The molecule has 395 valence electrons. The Morgan fingerprint density at radius 3 is 1.74 bits per heavy atom. The van der Waals surface area contributed by atoms with Gasteiger partial charge in [-0.05, 0) is 70.6 Å². The van der Waals surface area contributed by atoms with Gasteiger partial charge in [0.2, 0.25) is 41.4 Å². The van der Waals surface area contributed by atoms with Crippen molar-refractivity contribution in [3.05, 3.63) is 47.5 Å². The number of allylic oxidation sites excluding steroid dienone is 6. The van der Waals surface area contributed by atoms with Crippen LogP contribution in [0.1, 0.15) is 133 Å². The molecular weight excluding hydrogens is 970 g/mol. The van der Waals surface area contributed by atoms with Gasteiger partial charge in [0.25, 0.3) is 0 Å². The van der Waals surface area contributed by atoms with Crippen molar-refractivity contribution in [1.82, 2.24) is 10.6 Å². The Balaban J connectivity index is 0.00000346. The number of carbonyl (C=O) groups excluding carboxylic acids is 7. The first kappa shape index (κ1) is 61.9. The van der Waals surface area contributed by atoms with E-state index in [1.165, 1.54) is 0 Å². The third kappa shape index (κ3) is 12.2. The molecule has 0 aromatic carbocycles. The number of nitrogens with zero attached hydrogens (tertiary/aromatic N) is 5. The summed E-state index contributed by atoms with van der Waals surface area (Å²) < 4.78 is 0. The number of aliphatic hydroxyl groups excluding tert-OH is 1. The minimum absolute atomic E-state index is 0. The van der Waals surface area contributed by atoms with Crippen LogP contribution in [0.4, 0.5) is 0 Å². The molecule has 5 aliphatic rings. The fourth-order valence-corrected chi connectivity index (χ4v) is 12.3. The first-order valence-electron chi connectivity index (χ1n) is 23.7. The average Bonchev–Trinajstić information content (AvgIpc) is 3.88. The fraction of sp³-hybridized carbons (Fsp3) is 0.640. The number of nitrogens with one attached hydrogen (secondary N) is 2. The van der Waals surface area contributed by atoms with Gasteiger partial charge in [-0.1, -0.05) is 34.6 Å². The Labute approximate surface area is 432 Å². The van der Waals surface area contributed by atoms with Crippen molar-refractivity contribution in [2.45, 2.75) is 151 Å². The number of amides is 7. The number of primary amides is 6. The maximum absolute atomic E-state index is 13.5. The summed E-state index contributed by atoms with van der Waals surface area (Å²) in [4.78, 5) is 108. The summed E-state index contributed by atoms with van der Waals surface area (Å²) >= 11 is 0. The maximum Gasteiger partial charge on any atom is 2.00 e. The van der Waals surface area contributed by atoms with Gasteiger partial charge in [-0.25, -0.2) is 0 Å². The van der Waals surface area contributed by atoms with Crippen molar-refractivity contribution in [2.75, 3.05) is 6.54 Å². The number of aliphatic hydroxyl groups is 1. The molecule has 10 atom stereocenters. The number of hydrogen-bond donors (Lipinski definition) is 9. The largest absolute Gasteiger partial charge is 2.00 e. The van der Waals surface area contributed by atoms with Crippen LogP contribution in [0.3, 0.4) is 0 Å². The monoisotopic (exact) mass is 1040 g/mol. The molecule has 0 unspecified atom stereocenters. The van der Waals surface area contributed by atoms with Gasteiger partial charge >= 0.3 is 16.8 Å². The Kier molecular flexibility index (Phi) is 20.6. The first-order valence-corrected chi connectivity index (χ1v) is 23.7. The molecule has 7 amide bonds. The topological polar surface area (TPSA) is 405 Å². The summed E-state index contributed by atoms with van der Waals surface area (Å²) in [5, 5.41) is 29.0. The van der Waals surface area contributed by atoms with Crippen LogP contribution in [0.15, 0.2) is 49.3 Å². The fourth-order valence-electron chi connectivity index (χ4n) is 12.3. The summed E-state index contributed by atoms with van der Waals surface area (Å²) in [6.07, 6.45) is 1.21. The minimum atomic E-state index is -1.39. The van der Waals surface area contributed by atoms with Gasteiger partial charge in [0.1, 0.15) is 0 Å². The Bertz CT molecular complexity index is 2410. The molecule has 5 aliphatic heterocycles. The number of fused-ring (bicyclic) bond motifs is 6. The van der Waals surface area contributed by atoms with E-state index >= 15 is 0 Å². The van der Waals surface area contributed by atoms with Crippen LogP contribution in [0.5, 0.6) is 0 Å². The number of rotatable bonds is 20. The zero-order valence-corrected chi connectivity index (χ0v) is 43.9. The van der Waals surface area contributed by atoms with Gasteiger partial charge in [0.05, 0.1) is 23.4 Å². The van der Waals surface area contributed by atoms with Crippen molar-refractivity contribution >= 4 is 58.5 Å². The predicted molar refractivity (Wildman–Crippen MR) is 264 cm³/mol. The standard InChI is InChI=1S/C48H73N11O8.2CN.Co/c1-23(60)22-55-38(67)16-17-45(6)29(18-35(52)64)43-48(9)47(8,21-37(54)66)28(12-15-34(51)63)40(59-48)25(3)42-46(7,20-36(53)65)26(10-13-32(49)61)30(56-42)19-31-44(4,5)27(11-14-33(50)62)39(57-31)24(2)41(45)58-43;2*1-2;/h19,23,26-29,43,57,60H,10-18,20-22H2,1-9H3,(H2,49,61)(H2,50,62)(H2,51,63)(H2,52,64)(H2,53,65)(H2,54,66)(H,55,67);;;/q;2*-1;+2/b31-19-,39-24?,42-25-;;;/t23-,26-,27-,28-,29+,43-,45-,46+,47+,48+;;;/m1.../s1. The van der Waals surface area contributed by atoms with Gasteiger partial charge in [-0.3, -0.25) is 48.5 Å². The Hall–Kier alpha value is -6.23. The molecule has 72 heavy (non-hydrogen) atoms. The quantitative estimate of drug-likeness (QED) is 0.0794. The molecule has 8 bridgehead atoms. The van der Waals surface area contributed by atoms with Crippen LogP contribution in [0.2, 0.25) is 0 Å². The molecular formula is C50H73CoN13O8. The van der Waals surface area contributed by atoms with Crippen LogP contribution in [-0.4, -0.2) is 87.8 Å². The van der Waals surface area contributed by atoms with Crippen molar-refractivity contribution in [2.24, 2.45) is 94.7 Å². The molecule has 5 heterocycles. The normalized spacial score (nSPS) is 31.8. The van der Waals surface area contributed by atoms with E-state index in [1.54, 1.807) is 6.92 Å². The van der Waals surface area contributed by atoms with Crippen LogP contribution in [0, 0.1) is 69.0 Å². The zero-order chi connectivity index (χ0) is 54.4. The number of nitrogens with two attached hydrogens (primary N) is 6. The molecule has 1 fully saturated rings. The summed E-state index contributed by atoms with van der Waals surface area (Å²) in [7, 11) is 0. The molecule has 1 saturated heterocycles. The summed E-state index contributed by atoms with van der Waals surface area (Å²) in [5.74, 6) is -6.27. The van der Waals surface area contributed by atoms with Crippen LogP contribution in [0.25, 0.3) is 0 Å².